The fourth-order valence-electron chi connectivity index (χ4n) is 2.44. The van der Waals surface area contributed by atoms with Crippen LogP contribution in [0.3, 0.4) is 0 Å². The first-order valence-corrected chi connectivity index (χ1v) is 6.51. The maximum Gasteiger partial charge on any atom is 0.0709 e. The average molecular weight is 256 g/mol. The summed E-state index contributed by atoms with van der Waals surface area (Å²) in [6, 6.07) is 12.3. The Hall–Kier alpha value is -1.60. The third kappa shape index (κ3) is 1.75. The highest BCUT2D eigenvalue weighted by atomic mass is 35.5. The van der Waals surface area contributed by atoms with Crippen LogP contribution in [0, 0.1) is 0 Å². The molecular weight excluding hydrogens is 242 g/mol. The molecule has 0 unspecified atom stereocenters. The van der Waals surface area contributed by atoms with E-state index in [2.05, 4.69) is 37.0 Å². The molecule has 0 radical (unpaired) electrons. The SMILES string of the molecule is CC(C)c1cccc2c1cnc1ccc(Cl)cc12. The second-order valence-electron chi connectivity index (χ2n) is 4.88. The van der Waals surface area contributed by atoms with Crippen LogP contribution in [0.25, 0.3) is 21.7 Å². The van der Waals surface area contributed by atoms with Crippen LogP contribution < -0.4 is 0 Å². The second kappa shape index (κ2) is 4.25. The lowest BCUT2D eigenvalue weighted by Crippen LogP contribution is -1.91. The first-order chi connectivity index (χ1) is 8.66. The van der Waals surface area contributed by atoms with Gasteiger partial charge in [0, 0.05) is 22.0 Å². The van der Waals surface area contributed by atoms with Crippen LogP contribution in [0.2, 0.25) is 5.02 Å². The molecule has 0 amide bonds. The van der Waals surface area contributed by atoms with E-state index in [-0.39, 0.29) is 0 Å². The van der Waals surface area contributed by atoms with Crippen molar-refractivity contribution in [1.82, 2.24) is 4.98 Å². The number of rotatable bonds is 1. The van der Waals surface area contributed by atoms with Gasteiger partial charge in [0.15, 0.2) is 0 Å². The van der Waals surface area contributed by atoms with Crippen molar-refractivity contribution in [2.24, 2.45) is 0 Å². The van der Waals surface area contributed by atoms with Gasteiger partial charge < -0.3 is 0 Å². The van der Waals surface area contributed by atoms with Crippen LogP contribution in [-0.2, 0) is 0 Å². The third-order valence-corrected chi connectivity index (χ3v) is 3.58. The lowest BCUT2D eigenvalue weighted by atomic mass is 9.95. The van der Waals surface area contributed by atoms with Crippen LogP contribution in [0.4, 0.5) is 0 Å². The minimum Gasteiger partial charge on any atom is -0.256 e. The molecule has 0 atom stereocenters. The number of benzene rings is 2. The van der Waals surface area contributed by atoms with Gasteiger partial charge in [-0.3, -0.25) is 4.98 Å². The summed E-state index contributed by atoms with van der Waals surface area (Å²) in [7, 11) is 0. The standard InChI is InChI=1S/C16H14ClN/c1-10(2)12-4-3-5-13-14-8-11(17)6-7-16(14)18-9-15(12)13/h3-10H,1-2H3. The normalized spacial score (nSPS) is 11.6. The van der Waals surface area contributed by atoms with Crippen molar-refractivity contribution in [1.29, 1.82) is 0 Å². The zero-order valence-corrected chi connectivity index (χ0v) is 11.2. The quantitative estimate of drug-likeness (QED) is 0.547. The highest BCUT2D eigenvalue weighted by Crippen LogP contribution is 2.30. The van der Waals surface area contributed by atoms with E-state index in [9.17, 15) is 0 Å². The van der Waals surface area contributed by atoms with E-state index in [4.69, 9.17) is 11.6 Å². The molecule has 0 fully saturated rings. The summed E-state index contributed by atoms with van der Waals surface area (Å²) in [5.41, 5.74) is 2.33. The molecule has 0 N–H and O–H groups in total. The summed E-state index contributed by atoms with van der Waals surface area (Å²) in [6.45, 7) is 4.41. The predicted molar refractivity (Wildman–Crippen MR) is 78.3 cm³/mol. The first-order valence-electron chi connectivity index (χ1n) is 6.13. The molecule has 0 saturated carbocycles. The van der Waals surface area contributed by atoms with E-state index in [1.807, 2.05) is 24.4 Å². The lowest BCUT2D eigenvalue weighted by molar-refractivity contribution is 0.876. The summed E-state index contributed by atoms with van der Waals surface area (Å²) >= 11 is 6.09. The van der Waals surface area contributed by atoms with E-state index in [1.54, 1.807) is 0 Å². The Kier molecular flexibility index (Phi) is 2.71. The van der Waals surface area contributed by atoms with Gasteiger partial charge in [-0.25, -0.2) is 0 Å². The van der Waals surface area contributed by atoms with Crippen LogP contribution in [0.15, 0.2) is 42.6 Å². The molecule has 3 rings (SSSR count). The van der Waals surface area contributed by atoms with Gasteiger partial charge >= 0.3 is 0 Å². The highest BCUT2D eigenvalue weighted by molar-refractivity contribution is 6.31. The second-order valence-corrected chi connectivity index (χ2v) is 5.32. The van der Waals surface area contributed by atoms with Gasteiger partial charge in [0.2, 0.25) is 0 Å². The number of aromatic nitrogens is 1. The zero-order chi connectivity index (χ0) is 12.7. The summed E-state index contributed by atoms with van der Waals surface area (Å²) in [4.78, 5) is 4.53. The van der Waals surface area contributed by atoms with Crippen molar-refractivity contribution >= 4 is 33.3 Å². The zero-order valence-electron chi connectivity index (χ0n) is 10.4. The topological polar surface area (TPSA) is 12.9 Å². The van der Waals surface area contributed by atoms with Gasteiger partial charge in [-0.2, -0.15) is 0 Å². The molecule has 0 aliphatic heterocycles. The average Bonchev–Trinajstić information content (AvgIpc) is 2.37. The van der Waals surface area contributed by atoms with Gasteiger partial charge in [-0.15, -0.1) is 0 Å². The molecule has 1 aromatic heterocycles. The van der Waals surface area contributed by atoms with E-state index in [0.717, 1.165) is 15.9 Å². The van der Waals surface area contributed by atoms with Crippen molar-refractivity contribution < 1.29 is 0 Å². The Bertz CT molecular complexity index is 732. The molecule has 0 saturated heterocycles. The van der Waals surface area contributed by atoms with Crippen molar-refractivity contribution in [3.05, 3.63) is 53.2 Å². The number of fused-ring (bicyclic) bond motifs is 3. The maximum absolute atomic E-state index is 6.09. The van der Waals surface area contributed by atoms with Gasteiger partial charge in [0.05, 0.1) is 5.52 Å². The van der Waals surface area contributed by atoms with Crippen LogP contribution in [0.1, 0.15) is 25.3 Å². The van der Waals surface area contributed by atoms with Crippen molar-refractivity contribution in [2.45, 2.75) is 19.8 Å². The molecule has 2 heteroatoms. The van der Waals surface area contributed by atoms with Crippen molar-refractivity contribution in [3.63, 3.8) is 0 Å². The fourth-order valence-corrected chi connectivity index (χ4v) is 2.61. The summed E-state index contributed by atoms with van der Waals surface area (Å²) < 4.78 is 0. The number of nitrogens with zero attached hydrogens (tertiary/aromatic N) is 1. The molecule has 0 spiro atoms. The summed E-state index contributed by atoms with van der Waals surface area (Å²) in [6.07, 6.45) is 1.97. The number of halogens is 1. The van der Waals surface area contributed by atoms with Gasteiger partial charge in [-0.05, 0) is 35.1 Å². The molecule has 0 bridgehead atoms. The number of hydrogen-bond donors (Lipinski definition) is 0. The van der Waals surface area contributed by atoms with E-state index < -0.39 is 0 Å². The Balaban J connectivity index is 2.48. The molecule has 3 aromatic rings. The largest absolute Gasteiger partial charge is 0.256 e. The third-order valence-electron chi connectivity index (χ3n) is 3.34. The van der Waals surface area contributed by atoms with Gasteiger partial charge in [-0.1, -0.05) is 43.6 Å². The fraction of sp³-hybridized carbons (Fsp3) is 0.188. The Morgan fingerprint density at radius 3 is 2.61 bits per heavy atom. The Labute approximate surface area is 111 Å². The van der Waals surface area contributed by atoms with Crippen LogP contribution in [-0.4, -0.2) is 4.98 Å². The smallest absolute Gasteiger partial charge is 0.0709 e. The molecule has 1 nitrogen and oxygen atoms in total. The van der Waals surface area contributed by atoms with E-state index >= 15 is 0 Å². The minimum atomic E-state index is 0.493. The Morgan fingerprint density at radius 2 is 1.83 bits per heavy atom. The molecular formula is C16H14ClN. The molecule has 18 heavy (non-hydrogen) atoms. The summed E-state index contributed by atoms with van der Waals surface area (Å²) in [5, 5.41) is 4.34. The number of hydrogen-bond acceptors (Lipinski definition) is 1. The molecule has 90 valence electrons. The number of pyridine rings is 1. The summed E-state index contributed by atoms with van der Waals surface area (Å²) in [5.74, 6) is 0.493. The minimum absolute atomic E-state index is 0.493. The van der Waals surface area contributed by atoms with E-state index in [1.165, 1.54) is 16.3 Å². The lowest BCUT2D eigenvalue weighted by Gasteiger charge is -2.11. The van der Waals surface area contributed by atoms with E-state index in [0.29, 0.717) is 5.92 Å². The van der Waals surface area contributed by atoms with Crippen molar-refractivity contribution in [3.8, 4) is 0 Å². The van der Waals surface area contributed by atoms with Crippen LogP contribution >= 0.6 is 11.6 Å². The van der Waals surface area contributed by atoms with Gasteiger partial charge in [0.1, 0.15) is 0 Å². The van der Waals surface area contributed by atoms with Gasteiger partial charge in [0.25, 0.3) is 0 Å². The first kappa shape index (κ1) is 11.5. The van der Waals surface area contributed by atoms with Crippen LogP contribution in [0.5, 0.6) is 0 Å². The highest BCUT2D eigenvalue weighted by Gasteiger charge is 2.08. The monoisotopic (exact) mass is 255 g/mol. The molecule has 0 aliphatic rings. The Morgan fingerprint density at radius 1 is 1.00 bits per heavy atom. The molecule has 2 aromatic carbocycles. The maximum atomic E-state index is 6.09. The molecule has 1 heterocycles. The molecule has 0 aliphatic carbocycles. The predicted octanol–water partition coefficient (Wildman–Crippen LogP) is 5.16. The van der Waals surface area contributed by atoms with Crippen molar-refractivity contribution in [2.75, 3.05) is 0 Å².